The van der Waals surface area contributed by atoms with E-state index in [1.54, 1.807) is 17.9 Å². The summed E-state index contributed by atoms with van der Waals surface area (Å²) in [5.74, 6) is 6.62. The molecule has 19 heteroatoms. The van der Waals surface area contributed by atoms with Crippen molar-refractivity contribution in [2.24, 2.45) is 13.0 Å². The molecule has 5 fully saturated rings. The van der Waals surface area contributed by atoms with Crippen molar-refractivity contribution in [3.63, 3.8) is 0 Å². The van der Waals surface area contributed by atoms with E-state index in [9.17, 15) is 28.0 Å². The average Bonchev–Trinajstić information content (AvgIpc) is 4.14. The molecule has 1 aromatic carbocycles. The van der Waals surface area contributed by atoms with Gasteiger partial charge in [0.1, 0.15) is 17.4 Å². The number of alkyl halides is 2. The van der Waals surface area contributed by atoms with Crippen LogP contribution in [0.5, 0.6) is 0 Å². The number of nitrogens with one attached hydrogen (secondary N) is 1. The summed E-state index contributed by atoms with van der Waals surface area (Å²) in [6, 6.07) is 6.87. The molecule has 4 saturated heterocycles. The van der Waals surface area contributed by atoms with Gasteiger partial charge in [0.25, 0.3) is 18.2 Å². The zero-order valence-corrected chi connectivity index (χ0v) is 35.3. The number of aromatic nitrogens is 7. The molecule has 2 bridgehead atoms. The second kappa shape index (κ2) is 16.6. The number of anilines is 2. The van der Waals surface area contributed by atoms with Gasteiger partial charge in [0, 0.05) is 72.2 Å². The first kappa shape index (κ1) is 41.1. The number of amides is 3. The maximum atomic E-state index is 14.3. The first-order valence-electron chi connectivity index (χ1n) is 21.9. The molecule has 63 heavy (non-hydrogen) atoms. The summed E-state index contributed by atoms with van der Waals surface area (Å²) in [5, 5.41) is 11.3. The van der Waals surface area contributed by atoms with Gasteiger partial charge in [-0.25, -0.2) is 23.1 Å². The van der Waals surface area contributed by atoms with Gasteiger partial charge >= 0.3 is 5.69 Å². The second-order valence-corrected chi connectivity index (χ2v) is 17.6. The fourth-order valence-electron chi connectivity index (χ4n) is 10.2. The summed E-state index contributed by atoms with van der Waals surface area (Å²) >= 11 is 0. The number of fused-ring (bicyclic) bond motifs is 4. The predicted molar refractivity (Wildman–Crippen MR) is 228 cm³/mol. The zero-order valence-electron chi connectivity index (χ0n) is 35.3. The van der Waals surface area contributed by atoms with E-state index in [1.807, 2.05) is 24.3 Å². The standard InChI is InChI=1S/C44H50F2N12O5/c1-51-37(59)13-12-35(43(51)61)58-34-7-3-5-28(39(34)52(2)44(58)62)6-4-15-53-17-19-54(20-18-53)23-27-8-10-29(11-9-27)57-25-33(38(50-57)40(45)46)48-42(60)32-22-47-56-16-14-36(49-41(32)56)55-24-31-21-30(55)26-63-31/h3,5,7,14,16,22,25,27,29-31,35,40H,8-13,15,17-21,23-24,26H2,1-2H3,(H,48,60)/t27?,29?,30-,31-,35?/m1/s1. The zero-order chi connectivity index (χ0) is 43.5. The molecule has 5 aliphatic rings. The molecular formula is C44H50F2N12O5. The van der Waals surface area contributed by atoms with E-state index in [0.717, 1.165) is 82.1 Å². The first-order valence-corrected chi connectivity index (χ1v) is 21.9. The van der Waals surface area contributed by atoms with E-state index in [1.165, 1.54) is 33.1 Å². The van der Waals surface area contributed by atoms with Crippen LogP contribution in [0.2, 0.25) is 0 Å². The maximum absolute atomic E-state index is 14.3. The summed E-state index contributed by atoms with van der Waals surface area (Å²) in [6.07, 6.45) is 6.95. The lowest BCUT2D eigenvalue weighted by molar-refractivity contribution is -0.149. The van der Waals surface area contributed by atoms with Crippen LogP contribution >= 0.6 is 0 Å². The van der Waals surface area contributed by atoms with Crippen LogP contribution in [0.15, 0.2) is 47.7 Å². The lowest BCUT2D eigenvalue weighted by Crippen LogP contribution is -2.48. The van der Waals surface area contributed by atoms with Crippen LogP contribution in [0.4, 0.5) is 20.3 Å². The molecule has 1 unspecified atom stereocenters. The number of morpholine rings is 1. The third-order valence-electron chi connectivity index (χ3n) is 13.7. The van der Waals surface area contributed by atoms with Gasteiger partial charge in [-0.15, -0.1) is 0 Å². The fourth-order valence-corrected chi connectivity index (χ4v) is 10.2. The van der Waals surface area contributed by atoms with Crippen LogP contribution in [0.3, 0.4) is 0 Å². The van der Waals surface area contributed by atoms with Crippen molar-refractivity contribution in [1.82, 2.24) is 48.2 Å². The first-order chi connectivity index (χ1) is 30.5. The summed E-state index contributed by atoms with van der Waals surface area (Å²) in [4.78, 5) is 64.9. The van der Waals surface area contributed by atoms with Crippen molar-refractivity contribution in [2.75, 3.05) is 69.7 Å². The summed E-state index contributed by atoms with van der Waals surface area (Å²) in [6.45, 7) is 6.51. The molecule has 10 rings (SSSR count). The largest absolute Gasteiger partial charge is 0.374 e. The van der Waals surface area contributed by atoms with Crippen LogP contribution in [0.25, 0.3) is 16.7 Å². The van der Waals surface area contributed by atoms with Gasteiger partial charge in [-0.1, -0.05) is 17.9 Å². The minimum Gasteiger partial charge on any atom is -0.374 e. The summed E-state index contributed by atoms with van der Waals surface area (Å²) in [7, 11) is 3.15. The number of aryl methyl sites for hydroxylation is 1. The number of halogens is 2. The summed E-state index contributed by atoms with van der Waals surface area (Å²) in [5.41, 5.74) is 1.78. The Morgan fingerprint density at radius 3 is 2.54 bits per heavy atom. The topological polar surface area (TPSA) is 160 Å². The number of likely N-dealkylation sites (N-methyl/N-ethyl adjacent to an activating group) is 1. The van der Waals surface area contributed by atoms with E-state index < -0.39 is 24.1 Å². The second-order valence-electron chi connectivity index (χ2n) is 17.6. The predicted octanol–water partition coefficient (Wildman–Crippen LogP) is 3.47. The molecule has 4 aliphatic heterocycles. The highest BCUT2D eigenvalue weighted by atomic mass is 19.3. The number of piperidine rings is 1. The van der Waals surface area contributed by atoms with E-state index in [2.05, 4.69) is 42.1 Å². The molecule has 8 heterocycles. The molecule has 5 aromatic rings. The minimum atomic E-state index is -2.86. The smallest absolute Gasteiger partial charge is 0.329 e. The van der Waals surface area contributed by atoms with Gasteiger partial charge in [-0.05, 0) is 62.6 Å². The highest BCUT2D eigenvalue weighted by molar-refractivity contribution is 6.08. The minimum absolute atomic E-state index is 0.00818. The van der Waals surface area contributed by atoms with Crippen LogP contribution < -0.4 is 15.9 Å². The van der Waals surface area contributed by atoms with Crippen LogP contribution in [0.1, 0.15) is 85.1 Å². The van der Waals surface area contributed by atoms with Crippen molar-refractivity contribution in [3.8, 4) is 11.8 Å². The SMILES string of the molecule is CN1C(=O)CCC(n2c(=O)n(C)c3c(C#CCN4CCN(CC5CCC(n6cc(NC(=O)c7cnn8ccc(N9C[C@H]%10C[C@@H]9CO%10)nc78)c(C(F)F)n6)CC5)CC4)cccc32)C1=O. The monoisotopic (exact) mass is 864 g/mol. The Hall–Kier alpha value is -5.97. The molecule has 1 saturated carbocycles. The van der Waals surface area contributed by atoms with Gasteiger partial charge in [0.2, 0.25) is 5.91 Å². The number of hydrogen-bond acceptors (Lipinski definition) is 11. The normalized spacial score (nSPS) is 24.6. The van der Waals surface area contributed by atoms with E-state index in [-0.39, 0.29) is 59.8 Å². The van der Waals surface area contributed by atoms with E-state index >= 15 is 0 Å². The molecule has 4 aromatic heterocycles. The number of nitrogens with zero attached hydrogens (tertiary/aromatic N) is 11. The van der Waals surface area contributed by atoms with Crippen molar-refractivity contribution < 1.29 is 27.9 Å². The van der Waals surface area contributed by atoms with Crippen molar-refractivity contribution in [2.45, 2.75) is 75.6 Å². The van der Waals surface area contributed by atoms with Gasteiger partial charge in [0.05, 0.1) is 59.8 Å². The third-order valence-corrected chi connectivity index (χ3v) is 13.7. The lowest BCUT2D eigenvalue weighted by atomic mass is 9.85. The number of carbonyl (C=O) groups excluding carboxylic acids is 3. The van der Waals surface area contributed by atoms with Gasteiger partial charge in [-0.3, -0.25) is 38.0 Å². The Balaban J connectivity index is 0.719. The third kappa shape index (κ3) is 7.67. The number of carbonyl (C=O) groups is 3. The molecule has 3 atom stereocenters. The van der Waals surface area contributed by atoms with Crippen molar-refractivity contribution in [3.05, 3.63) is 70.2 Å². The van der Waals surface area contributed by atoms with Crippen molar-refractivity contribution >= 4 is 45.9 Å². The number of rotatable bonds is 9. The number of hydrogen-bond donors (Lipinski definition) is 1. The number of para-hydroxylation sites is 1. The molecule has 330 valence electrons. The number of piperazine rings is 1. The molecule has 0 spiro atoms. The Labute approximate surface area is 361 Å². The quantitative estimate of drug-likeness (QED) is 0.171. The van der Waals surface area contributed by atoms with E-state index in [0.29, 0.717) is 41.3 Å². The van der Waals surface area contributed by atoms with Crippen molar-refractivity contribution in [1.29, 1.82) is 0 Å². The maximum Gasteiger partial charge on any atom is 0.329 e. The van der Waals surface area contributed by atoms with Gasteiger partial charge < -0.3 is 19.9 Å². The Kier molecular flexibility index (Phi) is 10.8. The number of likely N-dealkylation sites (tertiary alicyclic amines) is 1. The molecule has 17 nitrogen and oxygen atoms in total. The number of imide groups is 1. The number of ether oxygens (including phenoxy) is 1. The average molecular weight is 865 g/mol. The molecule has 0 radical (unpaired) electrons. The van der Waals surface area contributed by atoms with Crippen LogP contribution in [0, 0.1) is 17.8 Å². The number of imidazole rings is 1. The number of benzene rings is 1. The van der Waals surface area contributed by atoms with Crippen LogP contribution in [-0.4, -0.2) is 138 Å². The van der Waals surface area contributed by atoms with E-state index in [4.69, 9.17) is 9.72 Å². The van der Waals surface area contributed by atoms with Gasteiger partial charge in [0.15, 0.2) is 11.3 Å². The highest BCUT2D eigenvalue weighted by Crippen LogP contribution is 2.36. The molecule has 1 aliphatic carbocycles. The lowest BCUT2D eigenvalue weighted by Gasteiger charge is -2.37. The Morgan fingerprint density at radius 1 is 1.00 bits per heavy atom. The van der Waals surface area contributed by atoms with Gasteiger partial charge in [-0.2, -0.15) is 10.2 Å². The highest BCUT2D eigenvalue weighted by Gasteiger charge is 2.40. The Bertz CT molecular complexity index is 2710. The molecule has 3 amide bonds. The Morgan fingerprint density at radius 2 is 1.79 bits per heavy atom. The fraction of sp³-hybridized carbons (Fsp3) is 0.523. The van der Waals surface area contributed by atoms with Crippen LogP contribution in [-0.2, 0) is 21.4 Å². The molecule has 1 N–H and O–H groups in total. The molecular weight excluding hydrogens is 815 g/mol. The summed E-state index contributed by atoms with van der Waals surface area (Å²) < 4.78 is 40.5.